The molecule has 0 aliphatic carbocycles. The smallest absolute Gasteiger partial charge is 0.120 e. The Hall–Kier alpha value is -1.54. The van der Waals surface area contributed by atoms with Crippen molar-refractivity contribution in [3.8, 4) is 17.6 Å². The van der Waals surface area contributed by atoms with Crippen molar-refractivity contribution >= 4 is 0 Å². The van der Waals surface area contributed by atoms with E-state index in [1.807, 2.05) is 24.3 Å². The van der Waals surface area contributed by atoms with Gasteiger partial charge >= 0.3 is 0 Å². The molecule has 0 radical (unpaired) electrons. The average Bonchev–Trinajstić information content (AvgIpc) is 2.49. The predicted octanol–water partition coefficient (Wildman–Crippen LogP) is 1.08. The summed E-state index contributed by atoms with van der Waals surface area (Å²) in [5.41, 5.74) is 6.29. The third kappa shape index (κ3) is 5.05. The Bertz CT molecular complexity index is 507. The highest BCUT2D eigenvalue weighted by Crippen LogP contribution is 2.17. The van der Waals surface area contributed by atoms with Crippen LogP contribution in [0, 0.1) is 17.8 Å². The molecule has 1 fully saturated rings. The van der Waals surface area contributed by atoms with E-state index in [2.05, 4.69) is 23.7 Å². The summed E-state index contributed by atoms with van der Waals surface area (Å²) in [5.74, 6) is 7.02. The number of ether oxygens (including phenoxy) is 1. The zero-order valence-electron chi connectivity index (χ0n) is 12.6. The van der Waals surface area contributed by atoms with E-state index >= 15 is 0 Å². The SMILES string of the molecule is CC1CN(CCOc2cccc(C#CCN)c2)CCC1O. The van der Waals surface area contributed by atoms with E-state index in [1.165, 1.54) is 0 Å². The number of hydrogen-bond acceptors (Lipinski definition) is 4. The number of nitrogens with two attached hydrogens (primary N) is 1. The van der Waals surface area contributed by atoms with E-state index in [9.17, 15) is 5.11 Å². The van der Waals surface area contributed by atoms with Crippen molar-refractivity contribution in [2.24, 2.45) is 11.7 Å². The second-order valence-electron chi connectivity index (χ2n) is 5.52. The van der Waals surface area contributed by atoms with E-state index in [0.29, 0.717) is 19.1 Å². The number of nitrogens with zero attached hydrogens (tertiary/aromatic N) is 1. The fourth-order valence-corrected chi connectivity index (χ4v) is 2.53. The molecule has 0 spiro atoms. The van der Waals surface area contributed by atoms with Crippen LogP contribution in [-0.2, 0) is 0 Å². The van der Waals surface area contributed by atoms with Crippen LogP contribution in [0.15, 0.2) is 24.3 Å². The quantitative estimate of drug-likeness (QED) is 0.814. The Morgan fingerprint density at radius 2 is 2.33 bits per heavy atom. The largest absolute Gasteiger partial charge is 0.492 e. The molecule has 0 saturated carbocycles. The van der Waals surface area contributed by atoms with Crippen LogP contribution in [0.1, 0.15) is 18.9 Å². The van der Waals surface area contributed by atoms with E-state index in [1.54, 1.807) is 0 Å². The van der Waals surface area contributed by atoms with Gasteiger partial charge in [-0.2, -0.15) is 0 Å². The number of aliphatic hydroxyl groups excluding tert-OH is 1. The van der Waals surface area contributed by atoms with Crippen LogP contribution in [0.2, 0.25) is 0 Å². The lowest BCUT2D eigenvalue weighted by Gasteiger charge is -2.34. The molecule has 1 heterocycles. The van der Waals surface area contributed by atoms with Gasteiger partial charge in [-0.3, -0.25) is 4.90 Å². The lowest BCUT2D eigenvalue weighted by atomic mass is 9.97. The zero-order valence-corrected chi connectivity index (χ0v) is 12.6. The summed E-state index contributed by atoms with van der Waals surface area (Å²) in [4.78, 5) is 2.34. The highest BCUT2D eigenvalue weighted by Gasteiger charge is 2.23. The van der Waals surface area contributed by atoms with E-state index < -0.39 is 0 Å². The molecule has 4 nitrogen and oxygen atoms in total. The van der Waals surface area contributed by atoms with Crippen molar-refractivity contribution in [2.75, 3.05) is 32.8 Å². The van der Waals surface area contributed by atoms with Gasteiger partial charge in [0.1, 0.15) is 12.4 Å². The van der Waals surface area contributed by atoms with Crippen LogP contribution >= 0.6 is 0 Å². The van der Waals surface area contributed by atoms with Gasteiger partial charge in [-0.05, 0) is 30.5 Å². The number of rotatable bonds is 4. The van der Waals surface area contributed by atoms with Gasteiger partial charge in [0.15, 0.2) is 0 Å². The van der Waals surface area contributed by atoms with Crippen LogP contribution in [-0.4, -0.2) is 48.9 Å². The predicted molar refractivity (Wildman–Crippen MR) is 84.1 cm³/mol. The Morgan fingerprint density at radius 1 is 1.48 bits per heavy atom. The third-order valence-electron chi connectivity index (χ3n) is 3.79. The van der Waals surface area contributed by atoms with Crippen LogP contribution in [0.3, 0.4) is 0 Å². The first-order valence-electron chi connectivity index (χ1n) is 7.51. The molecule has 0 bridgehead atoms. The molecule has 21 heavy (non-hydrogen) atoms. The van der Waals surface area contributed by atoms with Gasteiger partial charge in [-0.15, -0.1) is 0 Å². The monoisotopic (exact) mass is 288 g/mol. The molecule has 2 unspecified atom stereocenters. The molecule has 4 heteroatoms. The lowest BCUT2D eigenvalue weighted by molar-refractivity contribution is 0.0304. The molecule has 0 amide bonds. The Kier molecular flexibility index (Phi) is 6.06. The standard InChI is InChI=1S/C17H24N2O2/c1-14-13-19(9-7-17(14)20)10-11-21-16-6-2-4-15(12-16)5-3-8-18/h2,4,6,12,14,17,20H,7-11,13,18H2,1H3. The number of hydrogen-bond donors (Lipinski definition) is 2. The molecule has 1 aliphatic rings. The Morgan fingerprint density at radius 3 is 3.10 bits per heavy atom. The highest BCUT2D eigenvalue weighted by atomic mass is 16.5. The first-order chi connectivity index (χ1) is 10.2. The van der Waals surface area contributed by atoms with Gasteiger partial charge in [0, 0.05) is 25.2 Å². The normalized spacial score (nSPS) is 22.4. The van der Waals surface area contributed by atoms with Crippen molar-refractivity contribution in [1.82, 2.24) is 4.90 Å². The molecule has 0 aromatic heterocycles. The maximum absolute atomic E-state index is 9.72. The summed E-state index contributed by atoms with van der Waals surface area (Å²) in [5, 5.41) is 9.72. The van der Waals surface area contributed by atoms with Crippen LogP contribution in [0.25, 0.3) is 0 Å². The maximum Gasteiger partial charge on any atom is 0.120 e. The van der Waals surface area contributed by atoms with Gasteiger partial charge in [-0.1, -0.05) is 24.8 Å². The minimum Gasteiger partial charge on any atom is -0.492 e. The maximum atomic E-state index is 9.72. The second-order valence-corrected chi connectivity index (χ2v) is 5.52. The molecule has 1 aromatic rings. The number of likely N-dealkylation sites (tertiary alicyclic amines) is 1. The summed E-state index contributed by atoms with van der Waals surface area (Å²) < 4.78 is 5.79. The van der Waals surface area contributed by atoms with E-state index in [4.69, 9.17) is 10.5 Å². The van der Waals surface area contributed by atoms with Crippen molar-refractivity contribution < 1.29 is 9.84 Å². The van der Waals surface area contributed by atoms with Gasteiger partial charge in [0.25, 0.3) is 0 Å². The molecule has 114 valence electrons. The zero-order chi connectivity index (χ0) is 15.1. The highest BCUT2D eigenvalue weighted by molar-refractivity contribution is 5.39. The minimum atomic E-state index is -0.153. The van der Waals surface area contributed by atoms with Gasteiger partial charge in [-0.25, -0.2) is 0 Å². The lowest BCUT2D eigenvalue weighted by Crippen LogP contribution is -2.43. The molecule has 1 aliphatic heterocycles. The summed E-state index contributed by atoms with van der Waals surface area (Å²) in [6.07, 6.45) is 0.700. The molecule has 1 aromatic carbocycles. The van der Waals surface area contributed by atoms with Crippen molar-refractivity contribution in [2.45, 2.75) is 19.4 Å². The Balaban J connectivity index is 1.78. The van der Waals surface area contributed by atoms with Crippen LogP contribution < -0.4 is 10.5 Å². The third-order valence-corrected chi connectivity index (χ3v) is 3.79. The molecule has 2 atom stereocenters. The molecule has 1 saturated heterocycles. The molecule has 3 N–H and O–H groups in total. The summed E-state index contributed by atoms with van der Waals surface area (Å²) in [6, 6.07) is 7.76. The van der Waals surface area contributed by atoms with Gasteiger partial charge in [0.05, 0.1) is 12.6 Å². The summed E-state index contributed by atoms with van der Waals surface area (Å²) >= 11 is 0. The van der Waals surface area contributed by atoms with E-state index in [0.717, 1.165) is 37.4 Å². The van der Waals surface area contributed by atoms with Gasteiger partial charge in [0.2, 0.25) is 0 Å². The van der Waals surface area contributed by atoms with Crippen molar-refractivity contribution in [3.63, 3.8) is 0 Å². The molecular formula is C17H24N2O2. The second kappa shape index (κ2) is 8.04. The minimum absolute atomic E-state index is 0.153. The first kappa shape index (κ1) is 15.8. The molecule has 2 rings (SSSR count). The fourth-order valence-electron chi connectivity index (χ4n) is 2.53. The van der Waals surface area contributed by atoms with Gasteiger partial charge < -0.3 is 15.6 Å². The molecular weight excluding hydrogens is 264 g/mol. The van der Waals surface area contributed by atoms with Crippen molar-refractivity contribution in [3.05, 3.63) is 29.8 Å². The first-order valence-corrected chi connectivity index (χ1v) is 7.51. The fraction of sp³-hybridized carbons (Fsp3) is 0.529. The number of aliphatic hydroxyl groups is 1. The van der Waals surface area contributed by atoms with Crippen molar-refractivity contribution in [1.29, 1.82) is 0 Å². The number of piperidine rings is 1. The van der Waals surface area contributed by atoms with Crippen LogP contribution in [0.4, 0.5) is 0 Å². The number of benzene rings is 1. The van der Waals surface area contributed by atoms with E-state index in [-0.39, 0.29) is 6.10 Å². The summed E-state index contributed by atoms with van der Waals surface area (Å²) in [6.45, 7) is 5.87. The Labute approximate surface area is 126 Å². The average molecular weight is 288 g/mol. The topological polar surface area (TPSA) is 58.7 Å². The summed E-state index contributed by atoms with van der Waals surface area (Å²) in [7, 11) is 0. The van der Waals surface area contributed by atoms with Crippen LogP contribution in [0.5, 0.6) is 5.75 Å².